The van der Waals surface area contributed by atoms with Crippen LogP contribution in [-0.4, -0.2) is 15.8 Å². The molecule has 0 fully saturated rings. The largest absolute Gasteiger partial charge is 0.319 e. The highest BCUT2D eigenvalue weighted by molar-refractivity contribution is 6.01. The normalized spacial score (nSPS) is 13.6. The van der Waals surface area contributed by atoms with E-state index in [-0.39, 0.29) is 23.7 Å². The zero-order valence-electron chi connectivity index (χ0n) is 7.40. The number of hydrogen-bond acceptors (Lipinski definition) is 4. The van der Waals surface area contributed by atoms with E-state index < -0.39 is 4.92 Å². The maximum atomic E-state index is 11.0. The molecule has 0 aromatic carbocycles. The molecule has 1 aliphatic rings. The van der Waals surface area contributed by atoms with Crippen molar-refractivity contribution in [2.75, 3.05) is 5.32 Å². The summed E-state index contributed by atoms with van der Waals surface area (Å²) in [5.41, 5.74) is 1.16. The van der Waals surface area contributed by atoms with Crippen LogP contribution in [0, 0.1) is 17.0 Å². The Hall–Kier alpha value is -1.98. The Balaban J connectivity index is 2.63. The van der Waals surface area contributed by atoms with Gasteiger partial charge in [0.05, 0.1) is 17.0 Å². The minimum Gasteiger partial charge on any atom is -0.319 e. The van der Waals surface area contributed by atoms with Gasteiger partial charge in [0.25, 0.3) is 5.69 Å². The first-order valence-corrected chi connectivity index (χ1v) is 4.02. The zero-order valence-corrected chi connectivity index (χ0v) is 7.40. The monoisotopic (exact) mass is 193 g/mol. The van der Waals surface area contributed by atoms with Crippen LogP contribution < -0.4 is 5.32 Å². The molecule has 2 heterocycles. The molecule has 0 saturated carbocycles. The molecule has 1 aliphatic heterocycles. The molecule has 0 aliphatic carbocycles. The fourth-order valence-corrected chi connectivity index (χ4v) is 1.46. The number of carbonyl (C=O) groups is 1. The van der Waals surface area contributed by atoms with Gasteiger partial charge >= 0.3 is 0 Å². The number of aromatic nitrogens is 1. The van der Waals surface area contributed by atoms with Crippen LogP contribution in [-0.2, 0) is 11.2 Å². The van der Waals surface area contributed by atoms with Gasteiger partial charge in [0, 0.05) is 11.8 Å². The Morgan fingerprint density at radius 2 is 2.36 bits per heavy atom. The molecule has 0 unspecified atom stereocenters. The van der Waals surface area contributed by atoms with E-state index >= 15 is 0 Å². The second-order valence-electron chi connectivity index (χ2n) is 3.09. The molecule has 1 aromatic rings. The predicted molar refractivity (Wildman–Crippen MR) is 48.0 cm³/mol. The number of hydrogen-bond donors (Lipinski definition) is 1. The van der Waals surface area contributed by atoms with Gasteiger partial charge in [-0.1, -0.05) is 0 Å². The summed E-state index contributed by atoms with van der Waals surface area (Å²) in [4.78, 5) is 25.2. The van der Waals surface area contributed by atoms with Gasteiger partial charge in [-0.3, -0.25) is 19.9 Å². The SMILES string of the molecule is Cc1cc([N+](=O)[O-])c2c(n1)CC(=O)N2. The minimum atomic E-state index is -0.515. The Morgan fingerprint density at radius 1 is 1.64 bits per heavy atom. The van der Waals surface area contributed by atoms with E-state index in [0.717, 1.165) is 0 Å². The van der Waals surface area contributed by atoms with Gasteiger partial charge in [-0.15, -0.1) is 0 Å². The van der Waals surface area contributed by atoms with E-state index in [4.69, 9.17) is 0 Å². The quantitative estimate of drug-likeness (QED) is 0.527. The summed E-state index contributed by atoms with van der Waals surface area (Å²) in [5.74, 6) is -0.249. The number of amides is 1. The van der Waals surface area contributed by atoms with Crippen molar-refractivity contribution < 1.29 is 9.72 Å². The number of carbonyl (C=O) groups excluding carboxylic acids is 1. The molecule has 0 atom stereocenters. The van der Waals surface area contributed by atoms with E-state index in [1.807, 2.05) is 0 Å². The van der Waals surface area contributed by atoms with E-state index in [1.165, 1.54) is 6.07 Å². The lowest BCUT2D eigenvalue weighted by Crippen LogP contribution is -2.04. The number of fused-ring (bicyclic) bond motifs is 1. The van der Waals surface area contributed by atoms with E-state index in [0.29, 0.717) is 11.4 Å². The van der Waals surface area contributed by atoms with E-state index in [9.17, 15) is 14.9 Å². The summed E-state index contributed by atoms with van der Waals surface area (Å²) in [5, 5.41) is 13.1. The number of nitrogens with zero attached hydrogens (tertiary/aromatic N) is 2. The van der Waals surface area contributed by atoms with Gasteiger partial charge < -0.3 is 5.32 Å². The third-order valence-electron chi connectivity index (χ3n) is 1.99. The van der Waals surface area contributed by atoms with Crippen molar-refractivity contribution in [1.29, 1.82) is 0 Å². The molecule has 1 N–H and O–H groups in total. The second-order valence-corrected chi connectivity index (χ2v) is 3.09. The summed E-state index contributed by atoms with van der Waals surface area (Å²) in [6, 6.07) is 1.35. The van der Waals surface area contributed by atoms with Crippen LogP contribution in [0.1, 0.15) is 11.4 Å². The zero-order chi connectivity index (χ0) is 10.3. The standard InChI is InChI=1S/C8H7N3O3/c1-4-2-6(11(13)14)8-5(9-4)3-7(12)10-8/h2H,3H2,1H3,(H,10,12). The Bertz CT molecular complexity index is 442. The molecule has 72 valence electrons. The summed E-state index contributed by atoms with van der Waals surface area (Å²) in [6.45, 7) is 1.66. The number of pyridine rings is 1. The molecule has 0 radical (unpaired) electrons. The van der Waals surface area contributed by atoms with Crippen molar-refractivity contribution in [1.82, 2.24) is 4.98 Å². The first kappa shape index (κ1) is 8.61. The lowest BCUT2D eigenvalue weighted by atomic mass is 10.2. The van der Waals surface area contributed by atoms with Gasteiger partial charge in [0.1, 0.15) is 5.69 Å². The fraction of sp³-hybridized carbons (Fsp3) is 0.250. The highest BCUT2D eigenvalue weighted by Crippen LogP contribution is 2.31. The number of aryl methyl sites for hydroxylation is 1. The van der Waals surface area contributed by atoms with Gasteiger partial charge in [0.2, 0.25) is 5.91 Å². The van der Waals surface area contributed by atoms with E-state index in [2.05, 4.69) is 10.3 Å². The molecule has 0 bridgehead atoms. The smallest absolute Gasteiger partial charge is 0.296 e. The van der Waals surface area contributed by atoms with Crippen LogP contribution in [0.3, 0.4) is 0 Å². The fourth-order valence-electron chi connectivity index (χ4n) is 1.46. The molecule has 1 aromatic heterocycles. The van der Waals surface area contributed by atoms with Crippen molar-refractivity contribution in [2.45, 2.75) is 13.3 Å². The van der Waals surface area contributed by atoms with Gasteiger partial charge in [-0.05, 0) is 6.92 Å². The van der Waals surface area contributed by atoms with Crippen LogP contribution >= 0.6 is 0 Å². The summed E-state index contributed by atoms with van der Waals surface area (Å²) in [7, 11) is 0. The summed E-state index contributed by atoms with van der Waals surface area (Å²) < 4.78 is 0. The molecule has 0 spiro atoms. The van der Waals surface area contributed by atoms with Crippen LogP contribution in [0.2, 0.25) is 0 Å². The Labute approximate surface area is 79.1 Å². The van der Waals surface area contributed by atoms with Gasteiger partial charge in [-0.2, -0.15) is 0 Å². The van der Waals surface area contributed by atoms with Crippen LogP contribution in [0.5, 0.6) is 0 Å². The summed E-state index contributed by atoms with van der Waals surface area (Å²) in [6.07, 6.45) is 0.123. The minimum absolute atomic E-state index is 0.0849. The summed E-state index contributed by atoms with van der Waals surface area (Å²) >= 11 is 0. The molecule has 0 saturated heterocycles. The van der Waals surface area contributed by atoms with Gasteiger partial charge in [0.15, 0.2) is 0 Å². The number of nitro groups is 1. The molecule has 6 heteroatoms. The maximum Gasteiger partial charge on any atom is 0.296 e. The van der Waals surface area contributed by atoms with Crippen LogP contribution in [0.15, 0.2) is 6.07 Å². The predicted octanol–water partition coefficient (Wildman–Crippen LogP) is 0.793. The molecule has 14 heavy (non-hydrogen) atoms. The highest BCUT2D eigenvalue weighted by Gasteiger charge is 2.28. The van der Waals surface area contributed by atoms with Crippen molar-refractivity contribution in [3.05, 3.63) is 27.6 Å². The number of anilines is 1. The second kappa shape index (κ2) is 2.76. The van der Waals surface area contributed by atoms with Crippen molar-refractivity contribution >= 4 is 17.3 Å². The molecule has 6 nitrogen and oxygen atoms in total. The van der Waals surface area contributed by atoms with Crippen molar-refractivity contribution in [3.63, 3.8) is 0 Å². The number of nitrogens with one attached hydrogen (secondary N) is 1. The number of rotatable bonds is 1. The third kappa shape index (κ3) is 1.20. The average molecular weight is 193 g/mol. The average Bonchev–Trinajstić information content (AvgIpc) is 2.42. The lowest BCUT2D eigenvalue weighted by molar-refractivity contribution is -0.384. The molecule has 2 rings (SSSR count). The molecular formula is C8H7N3O3. The topological polar surface area (TPSA) is 85.1 Å². The first-order chi connectivity index (χ1) is 6.58. The van der Waals surface area contributed by atoms with Crippen LogP contribution in [0.4, 0.5) is 11.4 Å². The molecule has 1 amide bonds. The molecular weight excluding hydrogens is 186 g/mol. The van der Waals surface area contributed by atoms with Crippen molar-refractivity contribution in [2.24, 2.45) is 0 Å². The lowest BCUT2D eigenvalue weighted by Gasteiger charge is -2.00. The van der Waals surface area contributed by atoms with Gasteiger partial charge in [-0.25, -0.2) is 0 Å². The van der Waals surface area contributed by atoms with Crippen LogP contribution in [0.25, 0.3) is 0 Å². The third-order valence-corrected chi connectivity index (χ3v) is 1.99. The Morgan fingerprint density at radius 3 is 3.00 bits per heavy atom. The van der Waals surface area contributed by atoms with Crippen molar-refractivity contribution in [3.8, 4) is 0 Å². The highest BCUT2D eigenvalue weighted by atomic mass is 16.6. The Kier molecular flexibility index (Phi) is 1.70. The van der Waals surface area contributed by atoms with E-state index in [1.54, 1.807) is 6.92 Å². The first-order valence-electron chi connectivity index (χ1n) is 4.02. The maximum absolute atomic E-state index is 11.0.